The molecule has 1 fully saturated rings. The molecule has 0 heterocycles. The average Bonchev–Trinajstić information content (AvgIpc) is 2.89. The van der Waals surface area contributed by atoms with Crippen molar-refractivity contribution >= 4 is 15.9 Å². The highest BCUT2D eigenvalue weighted by molar-refractivity contribution is 7.89. The topological polar surface area (TPSA) is 66.5 Å². The Labute approximate surface area is 151 Å². The molecular weight excluding hydrogens is 336 g/mol. The van der Waals surface area contributed by atoms with E-state index in [1.54, 1.807) is 12.1 Å². The molecule has 1 N–H and O–H groups in total. The average molecular weight is 367 g/mol. The predicted octanol–water partition coefficient (Wildman–Crippen LogP) is 3.56. The van der Waals surface area contributed by atoms with Crippen LogP contribution in [0.3, 0.4) is 0 Å². The minimum atomic E-state index is -3.53. The van der Waals surface area contributed by atoms with Gasteiger partial charge >= 0.3 is 0 Å². The zero-order valence-electron chi connectivity index (χ0n) is 15.5. The Balaban J connectivity index is 2.09. The Kier molecular flexibility index (Phi) is 7.02. The van der Waals surface area contributed by atoms with Gasteiger partial charge in [-0.2, -0.15) is 0 Å². The number of nitrogens with zero attached hydrogens (tertiary/aromatic N) is 1. The van der Waals surface area contributed by atoms with Crippen LogP contribution in [0.15, 0.2) is 29.2 Å². The van der Waals surface area contributed by atoms with Crippen LogP contribution in [0.2, 0.25) is 0 Å². The Bertz CT molecular complexity index is 662. The van der Waals surface area contributed by atoms with E-state index in [9.17, 15) is 13.2 Å². The smallest absolute Gasteiger partial charge is 0.253 e. The van der Waals surface area contributed by atoms with Crippen molar-refractivity contribution in [2.24, 2.45) is 0 Å². The van der Waals surface area contributed by atoms with Crippen LogP contribution in [0.1, 0.15) is 69.2 Å². The van der Waals surface area contributed by atoms with Crippen LogP contribution < -0.4 is 4.72 Å². The number of hydrogen-bond donors (Lipinski definition) is 1. The molecule has 2 rings (SSSR count). The number of nitrogens with one attached hydrogen (secondary N) is 1. The Morgan fingerprint density at radius 1 is 1.16 bits per heavy atom. The Morgan fingerprint density at radius 3 is 2.24 bits per heavy atom. The van der Waals surface area contributed by atoms with E-state index in [1.807, 2.05) is 25.8 Å². The highest BCUT2D eigenvalue weighted by Crippen LogP contribution is 2.22. The number of amides is 1. The maximum Gasteiger partial charge on any atom is 0.253 e. The van der Waals surface area contributed by atoms with Crippen LogP contribution in [-0.4, -0.2) is 38.4 Å². The van der Waals surface area contributed by atoms with Crippen molar-refractivity contribution in [3.8, 4) is 0 Å². The second-order valence-electron chi connectivity index (χ2n) is 7.02. The van der Waals surface area contributed by atoms with Crippen molar-refractivity contribution in [2.75, 3.05) is 7.05 Å². The first-order valence-electron chi connectivity index (χ1n) is 9.24. The molecular formula is C19H30N2O3S. The maximum absolute atomic E-state index is 12.7. The van der Waals surface area contributed by atoms with Gasteiger partial charge in [-0.15, -0.1) is 0 Å². The fourth-order valence-corrected chi connectivity index (χ4v) is 4.53. The lowest BCUT2D eigenvalue weighted by Crippen LogP contribution is -2.36. The van der Waals surface area contributed by atoms with E-state index in [0.717, 1.165) is 19.3 Å². The van der Waals surface area contributed by atoms with Crippen molar-refractivity contribution in [1.82, 2.24) is 9.62 Å². The summed E-state index contributed by atoms with van der Waals surface area (Å²) >= 11 is 0. The number of carbonyl (C=O) groups is 1. The molecule has 0 saturated heterocycles. The highest BCUT2D eigenvalue weighted by Gasteiger charge is 2.23. The maximum atomic E-state index is 12.7. The third-order valence-electron chi connectivity index (χ3n) is 5.07. The van der Waals surface area contributed by atoms with Crippen molar-refractivity contribution < 1.29 is 13.2 Å². The summed E-state index contributed by atoms with van der Waals surface area (Å²) in [5, 5.41) is 0. The summed E-state index contributed by atoms with van der Waals surface area (Å²) in [5.41, 5.74) is 0.536. The lowest BCUT2D eigenvalue weighted by Gasteiger charge is -2.27. The predicted molar refractivity (Wildman–Crippen MR) is 100 cm³/mol. The van der Waals surface area contributed by atoms with Crippen LogP contribution in [-0.2, 0) is 10.0 Å². The SMILES string of the molecule is CCC(C)NS(=O)(=O)c1ccc(C(=O)N(C)C2CCCCCC2)cc1. The molecule has 140 valence electrons. The molecule has 25 heavy (non-hydrogen) atoms. The summed E-state index contributed by atoms with van der Waals surface area (Å²) in [6.07, 6.45) is 7.65. The third kappa shape index (κ3) is 5.28. The molecule has 0 aliphatic heterocycles. The lowest BCUT2D eigenvalue weighted by molar-refractivity contribution is 0.0717. The van der Waals surface area contributed by atoms with Gasteiger partial charge in [-0.3, -0.25) is 4.79 Å². The first-order chi connectivity index (χ1) is 11.8. The number of sulfonamides is 1. The fourth-order valence-electron chi connectivity index (χ4n) is 3.21. The quantitative estimate of drug-likeness (QED) is 0.783. The van der Waals surface area contributed by atoms with Gasteiger partial charge in [-0.05, 0) is 50.5 Å². The second kappa shape index (κ2) is 8.81. The molecule has 1 saturated carbocycles. The van der Waals surface area contributed by atoms with Crippen LogP contribution >= 0.6 is 0 Å². The van der Waals surface area contributed by atoms with Gasteiger partial charge in [0.05, 0.1) is 4.90 Å². The number of carbonyl (C=O) groups excluding carboxylic acids is 1. The van der Waals surface area contributed by atoms with E-state index in [4.69, 9.17) is 0 Å². The monoisotopic (exact) mass is 366 g/mol. The van der Waals surface area contributed by atoms with Crippen molar-refractivity contribution in [3.05, 3.63) is 29.8 Å². The standard InChI is InChI=1S/C19H30N2O3S/c1-4-15(2)20-25(23,24)18-13-11-16(12-14-18)19(22)21(3)17-9-7-5-6-8-10-17/h11-15,17,20H,4-10H2,1-3H3. The molecule has 1 aromatic rings. The second-order valence-corrected chi connectivity index (χ2v) is 8.73. The Morgan fingerprint density at radius 2 is 1.72 bits per heavy atom. The number of benzene rings is 1. The third-order valence-corrected chi connectivity index (χ3v) is 6.68. The molecule has 1 unspecified atom stereocenters. The van der Waals surface area contributed by atoms with Crippen molar-refractivity contribution in [2.45, 2.75) is 75.8 Å². The summed E-state index contributed by atoms with van der Waals surface area (Å²) in [6.45, 7) is 3.76. The molecule has 1 atom stereocenters. The van der Waals surface area contributed by atoms with Crippen molar-refractivity contribution in [3.63, 3.8) is 0 Å². The zero-order valence-corrected chi connectivity index (χ0v) is 16.3. The van der Waals surface area contributed by atoms with Gasteiger partial charge in [0.1, 0.15) is 0 Å². The molecule has 0 aromatic heterocycles. The van der Waals surface area contributed by atoms with Gasteiger partial charge in [0, 0.05) is 24.7 Å². The largest absolute Gasteiger partial charge is 0.339 e. The normalized spacial score (nSPS) is 17.7. The summed E-state index contributed by atoms with van der Waals surface area (Å²) in [7, 11) is -1.68. The minimum absolute atomic E-state index is 0.0364. The molecule has 0 radical (unpaired) electrons. The van der Waals surface area contributed by atoms with Crippen LogP contribution in [0.5, 0.6) is 0 Å². The summed E-state index contributed by atoms with van der Waals surface area (Å²) in [6, 6.07) is 6.41. The number of rotatable bonds is 6. The van der Waals surface area contributed by atoms with Gasteiger partial charge in [-0.1, -0.05) is 32.6 Å². The Hall–Kier alpha value is -1.40. The summed E-state index contributed by atoms with van der Waals surface area (Å²) in [5.74, 6) is -0.0364. The fraction of sp³-hybridized carbons (Fsp3) is 0.632. The first kappa shape index (κ1) is 19.9. The van der Waals surface area contributed by atoms with E-state index in [2.05, 4.69) is 4.72 Å². The van der Waals surface area contributed by atoms with Gasteiger partial charge in [0.2, 0.25) is 10.0 Å². The van der Waals surface area contributed by atoms with Gasteiger partial charge < -0.3 is 4.90 Å². The molecule has 0 spiro atoms. The van der Waals surface area contributed by atoms with E-state index in [0.29, 0.717) is 5.56 Å². The minimum Gasteiger partial charge on any atom is -0.339 e. The molecule has 5 nitrogen and oxygen atoms in total. The van der Waals surface area contributed by atoms with Gasteiger partial charge in [0.15, 0.2) is 0 Å². The van der Waals surface area contributed by atoms with Gasteiger partial charge in [-0.25, -0.2) is 13.1 Å². The van der Waals surface area contributed by atoms with Crippen LogP contribution in [0.4, 0.5) is 0 Å². The lowest BCUT2D eigenvalue weighted by atomic mass is 10.1. The zero-order chi connectivity index (χ0) is 18.4. The molecule has 6 heteroatoms. The highest BCUT2D eigenvalue weighted by atomic mass is 32.2. The van der Waals surface area contributed by atoms with Gasteiger partial charge in [0.25, 0.3) is 5.91 Å². The van der Waals surface area contributed by atoms with E-state index in [-0.39, 0.29) is 22.9 Å². The van der Waals surface area contributed by atoms with E-state index < -0.39 is 10.0 Å². The molecule has 1 aliphatic rings. The molecule has 1 aromatic carbocycles. The van der Waals surface area contributed by atoms with Crippen LogP contribution in [0.25, 0.3) is 0 Å². The van der Waals surface area contributed by atoms with E-state index in [1.165, 1.54) is 37.8 Å². The van der Waals surface area contributed by atoms with E-state index >= 15 is 0 Å². The molecule has 1 amide bonds. The number of hydrogen-bond acceptors (Lipinski definition) is 3. The molecule has 0 bridgehead atoms. The summed E-state index contributed by atoms with van der Waals surface area (Å²) < 4.78 is 27.2. The van der Waals surface area contributed by atoms with Crippen LogP contribution in [0, 0.1) is 0 Å². The molecule has 1 aliphatic carbocycles. The van der Waals surface area contributed by atoms with Crippen molar-refractivity contribution in [1.29, 1.82) is 0 Å². The first-order valence-corrected chi connectivity index (χ1v) is 10.7. The summed E-state index contributed by atoms with van der Waals surface area (Å²) in [4.78, 5) is 14.7.